The smallest absolute Gasteiger partial charge is 0.273 e. The van der Waals surface area contributed by atoms with E-state index in [4.69, 9.17) is 5.73 Å². The average Bonchev–Trinajstić information content (AvgIpc) is 2.98. The third-order valence-electron chi connectivity index (χ3n) is 3.57. The largest absolute Gasteiger partial charge is 0.337 e. The Morgan fingerprint density at radius 3 is 2.45 bits per heavy atom. The van der Waals surface area contributed by atoms with Crippen molar-refractivity contribution >= 4 is 42.1 Å². The second-order valence-electron chi connectivity index (χ2n) is 5.03. The predicted octanol–water partition coefficient (Wildman–Crippen LogP) is 3.22. The summed E-state index contributed by atoms with van der Waals surface area (Å²) in [6, 6.07) is 10.2. The molecule has 1 aliphatic heterocycles. The lowest BCUT2D eigenvalue weighted by Crippen LogP contribution is -2.42. The molecule has 0 spiro atoms. The third-order valence-corrected chi connectivity index (χ3v) is 4.46. The molecule has 4 nitrogen and oxygen atoms in total. The van der Waals surface area contributed by atoms with Gasteiger partial charge in [-0.2, -0.15) is 0 Å². The van der Waals surface area contributed by atoms with Gasteiger partial charge in [0.25, 0.3) is 5.91 Å². The van der Waals surface area contributed by atoms with Crippen molar-refractivity contribution in [2.75, 3.05) is 13.1 Å². The first-order valence-corrected chi connectivity index (χ1v) is 7.68. The minimum Gasteiger partial charge on any atom is -0.337 e. The SMILES string of the molecule is Cl.Cl.NC1CCN(C(=O)c2csc(-c3ccccc3)n2)CC1. The van der Waals surface area contributed by atoms with Crippen LogP contribution < -0.4 is 5.73 Å². The van der Waals surface area contributed by atoms with E-state index in [2.05, 4.69) is 4.98 Å². The predicted molar refractivity (Wildman–Crippen MR) is 95.2 cm³/mol. The minimum atomic E-state index is 0. The first-order chi connectivity index (χ1) is 9.74. The number of nitrogens with two attached hydrogens (primary N) is 1. The molecule has 22 heavy (non-hydrogen) atoms. The van der Waals surface area contributed by atoms with Crippen molar-refractivity contribution in [3.8, 4) is 10.6 Å². The Hall–Kier alpha value is -1.14. The van der Waals surface area contributed by atoms with Gasteiger partial charge in [0.2, 0.25) is 0 Å². The number of nitrogens with zero attached hydrogens (tertiary/aromatic N) is 2. The number of piperidine rings is 1. The van der Waals surface area contributed by atoms with Gasteiger partial charge in [-0.05, 0) is 12.8 Å². The summed E-state index contributed by atoms with van der Waals surface area (Å²) in [5.41, 5.74) is 7.46. The van der Waals surface area contributed by atoms with E-state index in [0.29, 0.717) is 5.69 Å². The summed E-state index contributed by atoms with van der Waals surface area (Å²) in [7, 11) is 0. The molecule has 1 fully saturated rings. The highest BCUT2D eigenvalue weighted by Crippen LogP contribution is 2.24. The summed E-state index contributed by atoms with van der Waals surface area (Å²) >= 11 is 1.51. The zero-order valence-electron chi connectivity index (χ0n) is 12.0. The number of likely N-dealkylation sites (tertiary alicyclic amines) is 1. The Labute approximate surface area is 146 Å². The normalized spacial score (nSPS) is 14.9. The molecule has 2 heterocycles. The Morgan fingerprint density at radius 1 is 1.18 bits per heavy atom. The second kappa shape index (κ2) is 8.48. The zero-order valence-corrected chi connectivity index (χ0v) is 14.4. The van der Waals surface area contributed by atoms with Crippen molar-refractivity contribution < 1.29 is 4.79 Å². The minimum absolute atomic E-state index is 0. The topological polar surface area (TPSA) is 59.2 Å². The van der Waals surface area contributed by atoms with Crippen molar-refractivity contribution in [1.29, 1.82) is 0 Å². The summed E-state index contributed by atoms with van der Waals surface area (Å²) in [5.74, 6) is 0.0235. The summed E-state index contributed by atoms with van der Waals surface area (Å²) < 4.78 is 0. The van der Waals surface area contributed by atoms with Crippen LogP contribution in [0.25, 0.3) is 10.6 Å². The molecule has 1 amide bonds. The van der Waals surface area contributed by atoms with Gasteiger partial charge in [0.1, 0.15) is 10.7 Å². The molecule has 1 aromatic carbocycles. The maximum Gasteiger partial charge on any atom is 0.273 e. The summed E-state index contributed by atoms with van der Waals surface area (Å²) in [4.78, 5) is 18.7. The first kappa shape index (κ1) is 18.9. The number of hydrogen-bond donors (Lipinski definition) is 1. The lowest BCUT2D eigenvalue weighted by molar-refractivity contribution is 0.0709. The number of rotatable bonds is 2. The second-order valence-corrected chi connectivity index (χ2v) is 5.89. The van der Waals surface area contributed by atoms with E-state index in [1.54, 1.807) is 0 Å². The van der Waals surface area contributed by atoms with Crippen LogP contribution in [-0.4, -0.2) is 34.9 Å². The third kappa shape index (κ3) is 4.20. The van der Waals surface area contributed by atoms with Gasteiger partial charge in [-0.15, -0.1) is 36.2 Å². The molecular formula is C15H19Cl2N3OS. The van der Waals surface area contributed by atoms with Crippen molar-refractivity contribution in [2.45, 2.75) is 18.9 Å². The number of hydrogen-bond acceptors (Lipinski definition) is 4. The monoisotopic (exact) mass is 359 g/mol. The fourth-order valence-electron chi connectivity index (χ4n) is 2.35. The Bertz CT molecular complexity index is 598. The number of benzene rings is 1. The van der Waals surface area contributed by atoms with Crippen molar-refractivity contribution in [3.63, 3.8) is 0 Å². The lowest BCUT2D eigenvalue weighted by Gasteiger charge is -2.29. The van der Waals surface area contributed by atoms with E-state index >= 15 is 0 Å². The number of thiazole rings is 1. The van der Waals surface area contributed by atoms with E-state index in [-0.39, 0.29) is 36.8 Å². The quantitative estimate of drug-likeness (QED) is 0.895. The van der Waals surface area contributed by atoms with Crippen LogP contribution in [-0.2, 0) is 0 Å². The first-order valence-electron chi connectivity index (χ1n) is 6.80. The fraction of sp³-hybridized carbons (Fsp3) is 0.333. The van der Waals surface area contributed by atoms with Crippen LogP contribution in [0.2, 0.25) is 0 Å². The van der Waals surface area contributed by atoms with Crippen LogP contribution in [0.4, 0.5) is 0 Å². The van der Waals surface area contributed by atoms with Crippen molar-refractivity contribution in [3.05, 3.63) is 41.4 Å². The highest BCUT2D eigenvalue weighted by atomic mass is 35.5. The molecule has 0 bridgehead atoms. The molecule has 0 radical (unpaired) electrons. The fourth-order valence-corrected chi connectivity index (χ4v) is 3.15. The van der Waals surface area contributed by atoms with Crippen molar-refractivity contribution in [2.24, 2.45) is 5.73 Å². The number of carbonyl (C=O) groups excluding carboxylic acids is 1. The Balaban J connectivity index is 0.00000121. The standard InChI is InChI=1S/C15H17N3OS.2ClH/c16-12-6-8-18(9-7-12)15(19)13-10-20-14(17-13)11-4-2-1-3-5-11;;/h1-5,10,12H,6-9,16H2;2*1H. The van der Waals surface area contributed by atoms with E-state index < -0.39 is 0 Å². The molecule has 1 saturated heterocycles. The zero-order chi connectivity index (χ0) is 13.9. The highest BCUT2D eigenvalue weighted by Gasteiger charge is 2.23. The molecule has 0 atom stereocenters. The molecule has 3 rings (SSSR count). The maximum absolute atomic E-state index is 12.4. The molecule has 1 aliphatic rings. The molecule has 7 heteroatoms. The average molecular weight is 360 g/mol. The maximum atomic E-state index is 12.4. The molecule has 1 aromatic heterocycles. The molecule has 0 aliphatic carbocycles. The Morgan fingerprint density at radius 2 is 1.82 bits per heavy atom. The molecule has 2 N–H and O–H groups in total. The van der Waals surface area contributed by atoms with Gasteiger partial charge in [0.05, 0.1) is 0 Å². The lowest BCUT2D eigenvalue weighted by atomic mass is 10.1. The van der Waals surface area contributed by atoms with E-state index in [9.17, 15) is 4.79 Å². The van der Waals surface area contributed by atoms with Crippen LogP contribution in [0, 0.1) is 0 Å². The summed E-state index contributed by atoms with van der Waals surface area (Å²) in [5, 5.41) is 2.74. The van der Waals surface area contributed by atoms with Crippen molar-refractivity contribution in [1.82, 2.24) is 9.88 Å². The number of aromatic nitrogens is 1. The number of amides is 1. The molecule has 120 valence electrons. The van der Waals surface area contributed by atoms with Gasteiger partial charge in [0.15, 0.2) is 0 Å². The number of halogens is 2. The van der Waals surface area contributed by atoms with Crippen LogP contribution in [0.5, 0.6) is 0 Å². The van der Waals surface area contributed by atoms with E-state index in [1.165, 1.54) is 11.3 Å². The van der Waals surface area contributed by atoms with Gasteiger partial charge in [-0.1, -0.05) is 30.3 Å². The highest BCUT2D eigenvalue weighted by molar-refractivity contribution is 7.13. The van der Waals surface area contributed by atoms with Crippen LogP contribution in [0.1, 0.15) is 23.3 Å². The van der Waals surface area contributed by atoms with Crippen LogP contribution in [0.15, 0.2) is 35.7 Å². The van der Waals surface area contributed by atoms with Gasteiger partial charge < -0.3 is 10.6 Å². The van der Waals surface area contributed by atoms with E-state index in [1.807, 2.05) is 40.6 Å². The molecule has 2 aromatic rings. The van der Waals surface area contributed by atoms with Crippen LogP contribution in [0.3, 0.4) is 0 Å². The van der Waals surface area contributed by atoms with Gasteiger partial charge in [-0.3, -0.25) is 4.79 Å². The molecule has 0 saturated carbocycles. The van der Waals surface area contributed by atoms with Gasteiger partial charge in [-0.25, -0.2) is 4.98 Å². The molecular weight excluding hydrogens is 341 g/mol. The summed E-state index contributed by atoms with van der Waals surface area (Å²) in [6.45, 7) is 1.47. The van der Waals surface area contributed by atoms with E-state index in [0.717, 1.165) is 36.5 Å². The summed E-state index contributed by atoms with van der Waals surface area (Å²) in [6.07, 6.45) is 1.75. The Kier molecular flexibility index (Phi) is 7.29. The van der Waals surface area contributed by atoms with Gasteiger partial charge >= 0.3 is 0 Å². The van der Waals surface area contributed by atoms with Gasteiger partial charge in [0, 0.05) is 30.1 Å². The molecule has 0 unspecified atom stereocenters. The number of carbonyl (C=O) groups is 1. The van der Waals surface area contributed by atoms with Crippen LogP contribution >= 0.6 is 36.2 Å².